The van der Waals surface area contributed by atoms with Gasteiger partial charge in [-0.15, -0.1) is 0 Å². The van der Waals surface area contributed by atoms with Crippen molar-refractivity contribution >= 4 is 65.1 Å². The summed E-state index contributed by atoms with van der Waals surface area (Å²) in [5.41, 5.74) is 3.82. The van der Waals surface area contributed by atoms with E-state index in [-0.39, 0.29) is 5.91 Å². The number of nitrogens with one attached hydrogen (secondary N) is 2. The molecule has 22 heavy (non-hydrogen) atoms. The van der Waals surface area contributed by atoms with Gasteiger partial charge in [0.2, 0.25) is 0 Å². The molecule has 1 unspecified atom stereocenters. The van der Waals surface area contributed by atoms with Gasteiger partial charge >= 0.3 is 0 Å². The average molecular weight is 491 g/mol. The molecule has 0 radical (unpaired) electrons. The number of hydrogen-bond donors (Lipinski definition) is 2. The third-order valence-electron chi connectivity index (χ3n) is 3.11. The Bertz CT molecular complexity index is 704. The number of carbonyl (C=O) groups excluding carboxylic acids is 1. The van der Waals surface area contributed by atoms with E-state index in [1.54, 1.807) is 0 Å². The molecule has 3 nitrogen and oxygen atoms in total. The monoisotopic (exact) mass is 488 g/mol. The summed E-state index contributed by atoms with van der Waals surface area (Å²) >= 11 is 10.3. The number of alkyl halides is 1. The zero-order chi connectivity index (χ0) is 16.3. The Hall–Kier alpha value is -0.850. The van der Waals surface area contributed by atoms with Gasteiger partial charge in [0, 0.05) is 20.3 Å². The van der Waals surface area contributed by atoms with Crippen LogP contribution in [0.2, 0.25) is 0 Å². The van der Waals surface area contributed by atoms with E-state index in [0.717, 1.165) is 31.4 Å². The highest BCUT2D eigenvalue weighted by atomic mass is 79.9. The van der Waals surface area contributed by atoms with Crippen LogP contribution in [0.4, 0.5) is 11.4 Å². The Labute approximate surface area is 155 Å². The molecule has 0 aromatic heterocycles. The van der Waals surface area contributed by atoms with E-state index in [0.29, 0.717) is 0 Å². The third kappa shape index (κ3) is 4.57. The highest BCUT2D eigenvalue weighted by Gasteiger charge is 2.15. The predicted octanol–water partition coefficient (Wildman–Crippen LogP) is 5.60. The maximum atomic E-state index is 12.2. The minimum Gasteiger partial charge on any atom is -0.365 e. The summed E-state index contributed by atoms with van der Waals surface area (Å²) < 4.78 is 2.06. The van der Waals surface area contributed by atoms with Crippen molar-refractivity contribution in [2.24, 2.45) is 0 Å². The molecule has 2 N–H and O–H groups in total. The zero-order valence-electron chi connectivity index (χ0n) is 12.1. The van der Waals surface area contributed by atoms with Gasteiger partial charge in [-0.1, -0.05) is 47.8 Å². The molecular weight excluding hydrogens is 476 g/mol. The Balaban J connectivity index is 2.02. The summed E-state index contributed by atoms with van der Waals surface area (Å²) in [6, 6.07) is 11.6. The van der Waals surface area contributed by atoms with Crippen molar-refractivity contribution < 1.29 is 4.79 Å². The van der Waals surface area contributed by atoms with Crippen LogP contribution in [0.3, 0.4) is 0 Å². The molecule has 0 aliphatic rings. The lowest BCUT2D eigenvalue weighted by Gasteiger charge is -2.15. The van der Waals surface area contributed by atoms with Gasteiger partial charge in [-0.25, -0.2) is 0 Å². The molecule has 0 saturated heterocycles. The molecule has 2 aromatic rings. The first kappa shape index (κ1) is 17.5. The van der Waals surface area contributed by atoms with Crippen molar-refractivity contribution in [1.29, 1.82) is 0 Å². The number of aryl methyl sites for hydroxylation is 2. The molecule has 0 spiro atoms. The van der Waals surface area contributed by atoms with Crippen LogP contribution >= 0.6 is 47.8 Å². The smallest absolute Gasteiger partial charge is 0.257 e. The number of rotatable bonds is 4. The summed E-state index contributed by atoms with van der Waals surface area (Å²) in [5.74, 6) is -0.151. The number of benzene rings is 2. The van der Waals surface area contributed by atoms with E-state index < -0.39 is 4.95 Å². The van der Waals surface area contributed by atoms with E-state index >= 15 is 0 Å². The second-order valence-electron chi connectivity index (χ2n) is 4.92. The predicted molar refractivity (Wildman–Crippen MR) is 103 cm³/mol. The van der Waals surface area contributed by atoms with Crippen LogP contribution in [-0.2, 0) is 4.79 Å². The molecule has 2 rings (SSSR count). The molecule has 116 valence electrons. The number of amides is 1. The summed E-state index contributed by atoms with van der Waals surface area (Å²) in [5, 5.41) is 6.01. The first-order chi connectivity index (χ1) is 10.4. The second kappa shape index (κ2) is 7.62. The molecule has 0 aliphatic heterocycles. The third-order valence-corrected chi connectivity index (χ3v) is 5.53. The quantitative estimate of drug-likeness (QED) is 0.432. The Kier molecular flexibility index (Phi) is 6.06. The van der Waals surface area contributed by atoms with E-state index in [9.17, 15) is 4.79 Å². The molecular formula is C16H15Br3N2O. The lowest BCUT2D eigenvalue weighted by atomic mass is 10.2. The molecule has 0 heterocycles. The average Bonchev–Trinajstić information content (AvgIpc) is 2.46. The van der Waals surface area contributed by atoms with Crippen LogP contribution in [0, 0.1) is 13.8 Å². The SMILES string of the molecule is Cc1cc(NC(=O)C(Br)Nc2ccc(Br)c(C)c2)ccc1Br. The largest absolute Gasteiger partial charge is 0.365 e. The number of hydrogen-bond acceptors (Lipinski definition) is 2. The molecule has 0 saturated carbocycles. The van der Waals surface area contributed by atoms with Crippen LogP contribution in [0.15, 0.2) is 45.3 Å². The minimum atomic E-state index is -0.517. The molecule has 2 aromatic carbocycles. The molecule has 6 heteroatoms. The van der Waals surface area contributed by atoms with Gasteiger partial charge in [-0.05, 0) is 61.4 Å². The fourth-order valence-corrected chi connectivity index (χ4v) is 2.75. The van der Waals surface area contributed by atoms with E-state index in [2.05, 4.69) is 58.4 Å². The van der Waals surface area contributed by atoms with Crippen LogP contribution in [-0.4, -0.2) is 10.9 Å². The van der Waals surface area contributed by atoms with Gasteiger partial charge in [0.15, 0.2) is 4.95 Å². The van der Waals surface area contributed by atoms with Gasteiger partial charge in [-0.2, -0.15) is 0 Å². The Morgan fingerprint density at radius 2 is 1.45 bits per heavy atom. The molecule has 0 aliphatic carbocycles. The Morgan fingerprint density at radius 1 is 0.955 bits per heavy atom. The van der Waals surface area contributed by atoms with Crippen molar-refractivity contribution in [3.8, 4) is 0 Å². The lowest BCUT2D eigenvalue weighted by molar-refractivity contribution is -0.115. The first-order valence-electron chi connectivity index (χ1n) is 6.60. The van der Waals surface area contributed by atoms with Crippen LogP contribution in [0.5, 0.6) is 0 Å². The highest BCUT2D eigenvalue weighted by molar-refractivity contribution is 9.11. The molecule has 0 fully saturated rings. The van der Waals surface area contributed by atoms with Gasteiger partial charge in [0.25, 0.3) is 5.91 Å². The number of anilines is 2. The van der Waals surface area contributed by atoms with Crippen molar-refractivity contribution in [3.05, 3.63) is 56.5 Å². The fraction of sp³-hybridized carbons (Fsp3) is 0.188. The summed E-state index contributed by atoms with van der Waals surface area (Å²) in [7, 11) is 0. The first-order valence-corrected chi connectivity index (χ1v) is 9.11. The van der Waals surface area contributed by atoms with Crippen LogP contribution in [0.25, 0.3) is 0 Å². The fourth-order valence-electron chi connectivity index (χ4n) is 1.87. The maximum absolute atomic E-state index is 12.2. The summed E-state index contributed by atoms with van der Waals surface area (Å²) in [4.78, 5) is 11.7. The highest BCUT2D eigenvalue weighted by Crippen LogP contribution is 2.23. The van der Waals surface area contributed by atoms with E-state index in [1.807, 2.05) is 50.2 Å². The summed E-state index contributed by atoms with van der Waals surface area (Å²) in [6.07, 6.45) is 0. The normalized spacial score (nSPS) is 11.9. The minimum absolute atomic E-state index is 0.151. The van der Waals surface area contributed by atoms with Crippen molar-refractivity contribution in [1.82, 2.24) is 0 Å². The standard InChI is InChI=1S/C16H15Br3N2O/c1-9-7-11(3-5-13(9)17)20-15(19)16(22)21-12-4-6-14(18)10(2)8-12/h3-8,15,20H,1-2H3,(H,21,22). The van der Waals surface area contributed by atoms with Crippen molar-refractivity contribution in [2.45, 2.75) is 18.8 Å². The lowest BCUT2D eigenvalue weighted by Crippen LogP contribution is -2.29. The Morgan fingerprint density at radius 3 is 2.00 bits per heavy atom. The van der Waals surface area contributed by atoms with Crippen molar-refractivity contribution in [2.75, 3.05) is 10.6 Å². The van der Waals surface area contributed by atoms with E-state index in [4.69, 9.17) is 0 Å². The zero-order valence-corrected chi connectivity index (χ0v) is 16.8. The number of halogens is 3. The van der Waals surface area contributed by atoms with Gasteiger partial charge in [0.1, 0.15) is 0 Å². The molecule has 1 atom stereocenters. The van der Waals surface area contributed by atoms with Gasteiger partial charge in [0.05, 0.1) is 0 Å². The molecule has 1 amide bonds. The van der Waals surface area contributed by atoms with Crippen LogP contribution in [0.1, 0.15) is 11.1 Å². The topological polar surface area (TPSA) is 41.1 Å². The van der Waals surface area contributed by atoms with Gasteiger partial charge in [-0.3, -0.25) is 4.79 Å². The molecule has 0 bridgehead atoms. The van der Waals surface area contributed by atoms with Gasteiger partial charge < -0.3 is 10.6 Å². The number of carbonyl (C=O) groups is 1. The van der Waals surface area contributed by atoms with Crippen LogP contribution < -0.4 is 10.6 Å². The van der Waals surface area contributed by atoms with Crippen molar-refractivity contribution in [3.63, 3.8) is 0 Å². The van der Waals surface area contributed by atoms with E-state index in [1.165, 1.54) is 0 Å². The maximum Gasteiger partial charge on any atom is 0.257 e. The second-order valence-corrected chi connectivity index (χ2v) is 7.55. The summed E-state index contributed by atoms with van der Waals surface area (Å²) in [6.45, 7) is 3.98.